The molecule has 3 nitrogen and oxygen atoms in total. The zero-order valence-electron chi connectivity index (χ0n) is 10.1. The van der Waals surface area contributed by atoms with Crippen molar-refractivity contribution in [1.82, 2.24) is 4.98 Å². The molecule has 0 aliphatic heterocycles. The van der Waals surface area contributed by atoms with Gasteiger partial charge in [-0.2, -0.15) is 0 Å². The molecule has 1 N–H and O–H groups in total. The van der Waals surface area contributed by atoms with Crippen molar-refractivity contribution in [3.05, 3.63) is 53.3 Å². The van der Waals surface area contributed by atoms with Gasteiger partial charge >= 0.3 is 6.36 Å². The van der Waals surface area contributed by atoms with E-state index in [1.807, 2.05) is 0 Å². The smallest absolute Gasteiger partial charge is 0.405 e. The van der Waals surface area contributed by atoms with Gasteiger partial charge in [0.1, 0.15) is 5.75 Å². The van der Waals surface area contributed by atoms with Gasteiger partial charge in [0.25, 0.3) is 0 Å². The maximum absolute atomic E-state index is 12.3. The van der Waals surface area contributed by atoms with E-state index in [0.29, 0.717) is 16.3 Å². The topological polar surface area (TPSA) is 34.1 Å². The van der Waals surface area contributed by atoms with Gasteiger partial charge in [-0.15, -0.1) is 13.2 Å². The van der Waals surface area contributed by atoms with Crippen LogP contribution in [0.15, 0.2) is 42.7 Å². The molecule has 0 atom stereocenters. The van der Waals surface area contributed by atoms with Gasteiger partial charge < -0.3 is 10.1 Å². The predicted molar refractivity (Wildman–Crippen MR) is 69.7 cm³/mol. The van der Waals surface area contributed by atoms with Gasteiger partial charge in [0.2, 0.25) is 0 Å². The summed E-state index contributed by atoms with van der Waals surface area (Å²) in [5.41, 5.74) is 0.903. The van der Waals surface area contributed by atoms with Gasteiger partial charge in [-0.3, -0.25) is 4.98 Å². The van der Waals surface area contributed by atoms with Crippen LogP contribution < -0.4 is 10.1 Å². The molecular formula is C13H10ClF3N2O. The van der Waals surface area contributed by atoms with Gasteiger partial charge in [0, 0.05) is 18.3 Å². The van der Waals surface area contributed by atoms with Gasteiger partial charge in [0.15, 0.2) is 0 Å². The quantitative estimate of drug-likeness (QED) is 0.917. The van der Waals surface area contributed by atoms with Gasteiger partial charge in [-0.25, -0.2) is 0 Å². The summed E-state index contributed by atoms with van der Waals surface area (Å²) in [6, 6.07) is 7.49. The Morgan fingerprint density at radius 3 is 2.65 bits per heavy atom. The van der Waals surface area contributed by atoms with Crippen molar-refractivity contribution in [3.63, 3.8) is 0 Å². The second kappa shape index (κ2) is 6.00. The molecule has 106 valence electrons. The number of halogens is 4. The lowest BCUT2D eigenvalue weighted by atomic mass is 10.2. The molecule has 20 heavy (non-hydrogen) atoms. The zero-order valence-corrected chi connectivity index (χ0v) is 10.9. The summed E-state index contributed by atoms with van der Waals surface area (Å²) in [4.78, 5) is 3.88. The summed E-state index contributed by atoms with van der Waals surface area (Å²) in [7, 11) is 0. The van der Waals surface area contributed by atoms with Crippen LogP contribution in [0.25, 0.3) is 0 Å². The number of aromatic nitrogens is 1. The van der Waals surface area contributed by atoms with E-state index in [4.69, 9.17) is 11.6 Å². The lowest BCUT2D eigenvalue weighted by Gasteiger charge is -2.14. The molecule has 0 amide bonds. The first-order valence-corrected chi connectivity index (χ1v) is 6.00. The van der Waals surface area contributed by atoms with Crippen molar-refractivity contribution in [2.24, 2.45) is 0 Å². The van der Waals surface area contributed by atoms with E-state index in [0.717, 1.165) is 0 Å². The summed E-state index contributed by atoms with van der Waals surface area (Å²) in [5, 5.41) is 3.35. The number of pyridine rings is 1. The fraction of sp³-hybridized carbons (Fsp3) is 0.154. The van der Waals surface area contributed by atoms with Crippen LogP contribution in [0.5, 0.6) is 5.75 Å². The Labute approximate surface area is 118 Å². The summed E-state index contributed by atoms with van der Waals surface area (Å²) >= 11 is 5.92. The maximum Gasteiger partial charge on any atom is 0.573 e. The summed E-state index contributed by atoms with van der Waals surface area (Å²) in [6.07, 6.45) is -1.70. The summed E-state index contributed by atoms with van der Waals surface area (Å²) < 4.78 is 40.8. The van der Waals surface area contributed by atoms with Crippen LogP contribution in [0, 0.1) is 0 Å². The average Bonchev–Trinajstić information content (AvgIpc) is 2.37. The van der Waals surface area contributed by atoms with Crippen LogP contribution in [0.2, 0.25) is 5.02 Å². The van der Waals surface area contributed by atoms with E-state index >= 15 is 0 Å². The predicted octanol–water partition coefficient (Wildman–Crippen LogP) is 4.25. The first-order chi connectivity index (χ1) is 9.46. The van der Waals surface area contributed by atoms with E-state index in [1.165, 1.54) is 24.5 Å². The van der Waals surface area contributed by atoms with Crippen molar-refractivity contribution in [2.75, 3.05) is 5.32 Å². The number of ether oxygens (including phenoxy) is 1. The molecule has 0 aliphatic rings. The minimum atomic E-state index is -4.72. The van der Waals surface area contributed by atoms with Crippen LogP contribution in [-0.2, 0) is 6.54 Å². The fourth-order valence-electron chi connectivity index (χ4n) is 1.57. The normalized spacial score (nSPS) is 11.2. The third-order valence-electron chi connectivity index (χ3n) is 2.44. The van der Waals surface area contributed by atoms with Crippen molar-refractivity contribution >= 4 is 17.3 Å². The van der Waals surface area contributed by atoms with Crippen LogP contribution in [0.4, 0.5) is 18.9 Å². The monoisotopic (exact) mass is 302 g/mol. The third-order valence-corrected chi connectivity index (χ3v) is 2.77. The Morgan fingerprint density at radius 2 is 1.95 bits per heavy atom. The Hall–Kier alpha value is -1.95. The highest BCUT2D eigenvalue weighted by Gasteiger charge is 2.31. The highest BCUT2D eigenvalue weighted by Crippen LogP contribution is 2.27. The lowest BCUT2D eigenvalue weighted by molar-refractivity contribution is -0.274. The van der Waals surface area contributed by atoms with E-state index in [1.54, 1.807) is 18.2 Å². The Bertz CT molecular complexity index is 590. The molecule has 0 saturated heterocycles. The highest BCUT2D eigenvalue weighted by molar-refractivity contribution is 6.33. The van der Waals surface area contributed by atoms with E-state index in [-0.39, 0.29) is 12.3 Å². The van der Waals surface area contributed by atoms with Gasteiger partial charge in [-0.05, 0) is 12.1 Å². The molecule has 7 heteroatoms. The SMILES string of the molecule is FC(F)(F)Oc1ccccc1CNc1cnccc1Cl. The molecule has 0 aliphatic carbocycles. The van der Waals surface area contributed by atoms with E-state index in [9.17, 15) is 13.2 Å². The number of nitrogens with one attached hydrogen (secondary N) is 1. The average molecular weight is 303 g/mol. The Balaban J connectivity index is 2.12. The number of benzene rings is 1. The number of anilines is 1. The first kappa shape index (κ1) is 14.5. The van der Waals surface area contributed by atoms with Gasteiger partial charge in [-0.1, -0.05) is 29.8 Å². The van der Waals surface area contributed by atoms with Crippen molar-refractivity contribution < 1.29 is 17.9 Å². The Kier molecular flexibility index (Phi) is 4.34. The maximum atomic E-state index is 12.3. The molecule has 1 aromatic carbocycles. The molecular weight excluding hydrogens is 293 g/mol. The number of rotatable bonds is 4. The number of hydrogen-bond acceptors (Lipinski definition) is 3. The number of nitrogens with zero attached hydrogens (tertiary/aromatic N) is 1. The van der Waals surface area contributed by atoms with Crippen molar-refractivity contribution in [3.8, 4) is 5.75 Å². The van der Waals surface area contributed by atoms with Crippen molar-refractivity contribution in [2.45, 2.75) is 12.9 Å². The summed E-state index contributed by atoms with van der Waals surface area (Å²) in [5.74, 6) is -0.243. The summed E-state index contributed by atoms with van der Waals surface area (Å²) in [6.45, 7) is 0.137. The standard InChI is InChI=1S/C13H10ClF3N2O/c14-10-5-6-18-8-11(10)19-7-9-3-1-2-4-12(9)20-13(15,16)17/h1-6,8,19H,7H2. The van der Waals surface area contributed by atoms with Crippen LogP contribution in [-0.4, -0.2) is 11.3 Å². The van der Waals surface area contributed by atoms with E-state index in [2.05, 4.69) is 15.0 Å². The molecule has 2 aromatic rings. The zero-order chi connectivity index (χ0) is 14.6. The largest absolute Gasteiger partial charge is 0.573 e. The minimum Gasteiger partial charge on any atom is -0.405 e. The molecule has 0 radical (unpaired) electrons. The molecule has 1 aromatic heterocycles. The molecule has 0 saturated carbocycles. The molecule has 1 heterocycles. The second-order valence-corrected chi connectivity index (χ2v) is 4.27. The fourth-order valence-corrected chi connectivity index (χ4v) is 1.74. The number of para-hydroxylation sites is 1. The molecule has 0 unspecified atom stereocenters. The van der Waals surface area contributed by atoms with Crippen LogP contribution in [0.3, 0.4) is 0 Å². The van der Waals surface area contributed by atoms with E-state index < -0.39 is 6.36 Å². The Morgan fingerprint density at radius 1 is 1.20 bits per heavy atom. The lowest BCUT2D eigenvalue weighted by Crippen LogP contribution is -2.18. The van der Waals surface area contributed by atoms with Crippen molar-refractivity contribution in [1.29, 1.82) is 0 Å². The minimum absolute atomic E-state index is 0.137. The second-order valence-electron chi connectivity index (χ2n) is 3.86. The molecule has 0 spiro atoms. The number of alkyl halides is 3. The molecule has 0 fully saturated rings. The van der Waals surface area contributed by atoms with Crippen LogP contribution >= 0.6 is 11.6 Å². The highest BCUT2D eigenvalue weighted by atomic mass is 35.5. The van der Waals surface area contributed by atoms with Crippen LogP contribution in [0.1, 0.15) is 5.56 Å². The molecule has 0 bridgehead atoms. The molecule has 2 rings (SSSR count). The first-order valence-electron chi connectivity index (χ1n) is 5.63. The van der Waals surface area contributed by atoms with Gasteiger partial charge in [0.05, 0.1) is 16.9 Å². The number of hydrogen-bond donors (Lipinski definition) is 1. The third kappa shape index (κ3) is 4.03.